The maximum atomic E-state index is 13.0. The van der Waals surface area contributed by atoms with Gasteiger partial charge in [0.1, 0.15) is 17.5 Å². The summed E-state index contributed by atoms with van der Waals surface area (Å²) in [5.74, 6) is 2.82. The molecular weight excluding hydrogens is 444 g/mol. The first-order valence-electron chi connectivity index (χ1n) is 14.3. The largest absolute Gasteiger partial charge is 0.457 e. The Balaban J connectivity index is 1.40. The molecule has 10 atom stereocenters. The Morgan fingerprint density at radius 2 is 1.77 bits per heavy atom. The fourth-order valence-electron chi connectivity index (χ4n) is 9.29. The van der Waals surface area contributed by atoms with Gasteiger partial charge < -0.3 is 9.84 Å². The Kier molecular flexibility index (Phi) is 6.67. The van der Waals surface area contributed by atoms with E-state index in [-0.39, 0.29) is 18.1 Å². The Bertz CT molecular complexity index is 841. The monoisotopic (exact) mass is 490 g/mol. The van der Waals surface area contributed by atoms with Gasteiger partial charge in [-0.3, -0.25) is 4.79 Å². The van der Waals surface area contributed by atoms with Gasteiger partial charge in [0.15, 0.2) is 11.7 Å². The summed E-state index contributed by atoms with van der Waals surface area (Å²) >= 11 is 0. The van der Waals surface area contributed by atoms with Gasteiger partial charge in [-0.1, -0.05) is 47.0 Å². The second-order valence-electron chi connectivity index (χ2n) is 13.6. The third-order valence-corrected chi connectivity index (χ3v) is 11.1. The summed E-state index contributed by atoms with van der Waals surface area (Å²) in [4.78, 5) is 37.3. The SMILES string of the molecule is CC(C)CCC[C@@H](C)[C@H]1CC[C@H]2[C@@H]3CCC(=O)CC4OC(=O)C(O)[C@@]45C[C@](C)(OO5)[C@H]3CC[C@]12C. The van der Waals surface area contributed by atoms with E-state index in [0.29, 0.717) is 30.1 Å². The lowest BCUT2D eigenvalue weighted by molar-refractivity contribution is -0.372. The summed E-state index contributed by atoms with van der Waals surface area (Å²) in [5, 5.41) is 10.7. The average molecular weight is 491 g/mol. The summed E-state index contributed by atoms with van der Waals surface area (Å²) in [6, 6.07) is 0. The zero-order valence-corrected chi connectivity index (χ0v) is 22.4. The molecular formula is C29H46O6. The van der Waals surface area contributed by atoms with Crippen LogP contribution in [0, 0.1) is 40.9 Å². The molecule has 2 bridgehead atoms. The molecule has 2 heterocycles. The molecule has 2 saturated heterocycles. The van der Waals surface area contributed by atoms with E-state index in [1.807, 2.05) is 0 Å². The van der Waals surface area contributed by atoms with E-state index in [9.17, 15) is 14.7 Å². The number of aliphatic hydroxyl groups is 1. The predicted molar refractivity (Wildman–Crippen MR) is 131 cm³/mol. The highest BCUT2D eigenvalue weighted by Crippen LogP contribution is 2.65. The smallest absolute Gasteiger partial charge is 0.338 e. The Hall–Kier alpha value is -0.980. The lowest BCUT2D eigenvalue weighted by Gasteiger charge is -2.53. The number of ether oxygens (including phenoxy) is 1. The van der Waals surface area contributed by atoms with Crippen molar-refractivity contribution in [2.75, 3.05) is 0 Å². The van der Waals surface area contributed by atoms with Crippen molar-refractivity contribution in [1.29, 1.82) is 0 Å². The van der Waals surface area contributed by atoms with Crippen molar-refractivity contribution in [3.8, 4) is 0 Å². The molecule has 1 N–H and O–H groups in total. The van der Waals surface area contributed by atoms with E-state index in [0.717, 1.165) is 30.6 Å². The van der Waals surface area contributed by atoms with E-state index in [2.05, 4.69) is 34.6 Å². The molecule has 198 valence electrons. The van der Waals surface area contributed by atoms with Gasteiger partial charge in [0, 0.05) is 19.3 Å². The van der Waals surface area contributed by atoms with Gasteiger partial charge in [0.25, 0.3) is 0 Å². The first kappa shape index (κ1) is 25.7. The van der Waals surface area contributed by atoms with Crippen LogP contribution in [0.5, 0.6) is 0 Å². The topological polar surface area (TPSA) is 82.1 Å². The van der Waals surface area contributed by atoms with E-state index in [4.69, 9.17) is 14.5 Å². The number of aliphatic hydroxyl groups excluding tert-OH is 1. The quantitative estimate of drug-likeness (QED) is 0.411. The molecule has 0 amide bonds. The average Bonchev–Trinajstić information content (AvgIpc) is 3.40. The van der Waals surface area contributed by atoms with Crippen molar-refractivity contribution in [3.05, 3.63) is 0 Å². The molecule has 5 fully saturated rings. The van der Waals surface area contributed by atoms with Gasteiger partial charge in [-0.2, -0.15) is 0 Å². The summed E-state index contributed by atoms with van der Waals surface area (Å²) < 4.78 is 5.44. The molecule has 2 unspecified atom stereocenters. The number of esters is 1. The highest BCUT2D eigenvalue weighted by Gasteiger charge is 2.69. The normalized spacial score (nSPS) is 48.3. The minimum Gasteiger partial charge on any atom is -0.457 e. The molecule has 5 aliphatic rings. The third-order valence-electron chi connectivity index (χ3n) is 11.1. The lowest BCUT2D eigenvalue weighted by atomic mass is 9.52. The first-order valence-corrected chi connectivity index (χ1v) is 14.3. The number of hydrogen-bond donors (Lipinski definition) is 1. The Morgan fingerprint density at radius 3 is 2.51 bits per heavy atom. The van der Waals surface area contributed by atoms with E-state index >= 15 is 0 Å². The van der Waals surface area contributed by atoms with Crippen LogP contribution < -0.4 is 0 Å². The van der Waals surface area contributed by atoms with Crippen molar-refractivity contribution in [3.63, 3.8) is 0 Å². The number of hydrogen-bond acceptors (Lipinski definition) is 6. The standard InChI is InChI=1S/C29H46O6/c1-17(2)7-6-8-18(3)21-11-12-22-20-10-9-19(30)15-24-29(25(31)26(32)33-24)16-28(5,34-35-29)23(20)13-14-27(21,22)4/h17-18,20-25,31H,6-16H2,1-5H3/t18-,20+,21-,22+,23+,24?,25?,27-,28+,29-/m1/s1. The second kappa shape index (κ2) is 9.09. The zero-order valence-electron chi connectivity index (χ0n) is 22.4. The van der Waals surface area contributed by atoms with Crippen LogP contribution in [-0.4, -0.2) is 40.3 Å². The molecule has 3 aliphatic carbocycles. The summed E-state index contributed by atoms with van der Waals surface area (Å²) in [6.07, 6.45) is 8.31. The Labute approximate surface area is 210 Å². The highest BCUT2D eigenvalue weighted by molar-refractivity contribution is 5.83. The minimum absolute atomic E-state index is 0.0943. The van der Waals surface area contributed by atoms with Crippen LogP contribution in [-0.2, 0) is 24.1 Å². The molecule has 2 aliphatic heterocycles. The summed E-state index contributed by atoms with van der Waals surface area (Å²) in [5.41, 5.74) is -1.57. The number of Topliss-reactive ketones (excluding diaryl/α,β-unsaturated/α-hetero) is 1. The molecule has 6 nitrogen and oxygen atoms in total. The first-order chi connectivity index (χ1) is 16.5. The van der Waals surface area contributed by atoms with Crippen molar-refractivity contribution >= 4 is 11.8 Å². The van der Waals surface area contributed by atoms with E-state index in [1.54, 1.807) is 0 Å². The van der Waals surface area contributed by atoms with Gasteiger partial charge in [-0.05, 0) is 80.0 Å². The van der Waals surface area contributed by atoms with Gasteiger partial charge in [0.2, 0.25) is 0 Å². The molecule has 35 heavy (non-hydrogen) atoms. The van der Waals surface area contributed by atoms with Crippen molar-refractivity contribution in [2.45, 2.75) is 129 Å². The predicted octanol–water partition coefficient (Wildman–Crippen LogP) is 5.40. The number of rotatable bonds is 5. The van der Waals surface area contributed by atoms with Crippen LogP contribution >= 0.6 is 0 Å². The number of carbonyl (C=O) groups excluding carboxylic acids is 2. The lowest BCUT2D eigenvalue weighted by Crippen LogP contribution is -2.53. The maximum Gasteiger partial charge on any atom is 0.338 e. The molecule has 0 aromatic heterocycles. The Morgan fingerprint density at radius 1 is 1.00 bits per heavy atom. The van der Waals surface area contributed by atoms with Gasteiger partial charge >= 0.3 is 5.97 Å². The molecule has 5 rings (SSSR count). The highest BCUT2D eigenvalue weighted by atomic mass is 17.2. The molecule has 0 aromatic carbocycles. The molecule has 3 saturated carbocycles. The van der Waals surface area contributed by atoms with Crippen LogP contribution in [0.25, 0.3) is 0 Å². The van der Waals surface area contributed by atoms with E-state index < -0.39 is 29.4 Å². The van der Waals surface area contributed by atoms with E-state index in [1.165, 1.54) is 38.5 Å². The van der Waals surface area contributed by atoms with Crippen LogP contribution in [0.15, 0.2) is 0 Å². The zero-order chi connectivity index (χ0) is 25.2. The number of carbonyl (C=O) groups is 2. The molecule has 0 radical (unpaired) electrons. The summed E-state index contributed by atoms with van der Waals surface area (Å²) in [6.45, 7) is 11.7. The van der Waals surface area contributed by atoms with Crippen LogP contribution in [0.3, 0.4) is 0 Å². The number of ketones is 1. The van der Waals surface area contributed by atoms with Gasteiger partial charge in [-0.15, -0.1) is 0 Å². The molecule has 0 aromatic rings. The van der Waals surface area contributed by atoms with Crippen molar-refractivity contribution in [1.82, 2.24) is 0 Å². The fraction of sp³-hybridized carbons (Fsp3) is 0.931. The van der Waals surface area contributed by atoms with Crippen LogP contribution in [0.4, 0.5) is 0 Å². The van der Waals surface area contributed by atoms with Crippen LogP contribution in [0.1, 0.15) is 105 Å². The maximum absolute atomic E-state index is 13.0. The van der Waals surface area contributed by atoms with Crippen molar-refractivity contribution in [2.24, 2.45) is 40.9 Å². The van der Waals surface area contributed by atoms with Gasteiger partial charge in [-0.25, -0.2) is 14.6 Å². The third kappa shape index (κ3) is 4.10. The summed E-state index contributed by atoms with van der Waals surface area (Å²) in [7, 11) is 0. The molecule has 1 spiro atoms. The molecule has 6 heteroatoms. The minimum atomic E-state index is -1.41. The fourth-order valence-corrected chi connectivity index (χ4v) is 9.29. The number of fused-ring (bicyclic) bond motifs is 5. The van der Waals surface area contributed by atoms with Crippen LogP contribution in [0.2, 0.25) is 0 Å². The second-order valence-corrected chi connectivity index (χ2v) is 13.6. The van der Waals surface area contributed by atoms with Gasteiger partial charge in [0.05, 0.1) is 0 Å². The van der Waals surface area contributed by atoms with Crippen molar-refractivity contribution < 1.29 is 29.2 Å².